The van der Waals surface area contributed by atoms with Gasteiger partial charge in [-0.3, -0.25) is 14.3 Å². The van der Waals surface area contributed by atoms with Crippen molar-refractivity contribution in [2.24, 2.45) is 7.05 Å². The molecule has 2 amide bonds. The molecular formula is C18H24N4O4. The maximum absolute atomic E-state index is 12.7. The minimum absolute atomic E-state index is 0.173. The molecule has 8 nitrogen and oxygen atoms in total. The van der Waals surface area contributed by atoms with Crippen LogP contribution < -0.4 is 16.2 Å². The van der Waals surface area contributed by atoms with E-state index in [0.717, 1.165) is 0 Å². The molecule has 1 aromatic heterocycles. The van der Waals surface area contributed by atoms with Crippen LogP contribution in [0, 0.1) is 6.92 Å². The van der Waals surface area contributed by atoms with Crippen LogP contribution in [-0.4, -0.2) is 33.5 Å². The number of anilines is 1. The average Bonchev–Trinajstić information content (AvgIpc) is 2.76. The molecule has 26 heavy (non-hydrogen) atoms. The third-order valence-electron chi connectivity index (χ3n) is 3.61. The number of amides is 2. The number of ether oxygens (including phenoxy) is 1. The number of nitrogens with one attached hydrogen (secondary N) is 2. The molecule has 0 aliphatic carbocycles. The Morgan fingerprint density at radius 1 is 1.15 bits per heavy atom. The third kappa shape index (κ3) is 4.53. The van der Waals surface area contributed by atoms with E-state index in [2.05, 4.69) is 10.6 Å². The van der Waals surface area contributed by atoms with Crippen LogP contribution in [0.25, 0.3) is 5.69 Å². The molecule has 0 radical (unpaired) electrons. The smallest absolute Gasteiger partial charge is 0.408 e. The molecule has 1 aromatic carbocycles. The molecule has 8 heteroatoms. The summed E-state index contributed by atoms with van der Waals surface area (Å²) in [5, 5.41) is 4.93. The fraction of sp³-hybridized carbons (Fsp3) is 0.389. The topological polar surface area (TPSA) is 94.4 Å². The number of nitrogens with zero attached hydrogens (tertiary/aromatic N) is 2. The summed E-state index contributed by atoms with van der Waals surface area (Å²) in [6, 6.07) is 9.11. The Hall–Kier alpha value is -3.03. The quantitative estimate of drug-likeness (QED) is 0.871. The highest BCUT2D eigenvalue weighted by Gasteiger charge is 2.20. The lowest BCUT2D eigenvalue weighted by Gasteiger charge is -2.19. The van der Waals surface area contributed by atoms with Gasteiger partial charge in [0.25, 0.3) is 5.56 Å². The van der Waals surface area contributed by atoms with Crippen molar-refractivity contribution in [1.82, 2.24) is 14.7 Å². The Labute approximate surface area is 151 Å². The van der Waals surface area contributed by atoms with E-state index in [4.69, 9.17) is 4.74 Å². The van der Waals surface area contributed by atoms with Gasteiger partial charge >= 0.3 is 6.09 Å². The summed E-state index contributed by atoms with van der Waals surface area (Å²) < 4.78 is 8.19. The first-order valence-electron chi connectivity index (χ1n) is 8.21. The highest BCUT2D eigenvalue weighted by atomic mass is 16.6. The molecule has 2 aromatic rings. The second-order valence-corrected chi connectivity index (χ2v) is 6.84. The van der Waals surface area contributed by atoms with Gasteiger partial charge in [-0.15, -0.1) is 0 Å². The monoisotopic (exact) mass is 360 g/mol. The van der Waals surface area contributed by atoms with Crippen molar-refractivity contribution in [2.75, 3.05) is 11.9 Å². The summed E-state index contributed by atoms with van der Waals surface area (Å²) in [4.78, 5) is 36.4. The highest BCUT2D eigenvalue weighted by molar-refractivity contribution is 5.94. The largest absolute Gasteiger partial charge is 0.444 e. The lowest BCUT2D eigenvalue weighted by molar-refractivity contribution is -0.115. The van der Waals surface area contributed by atoms with Crippen LogP contribution in [0.2, 0.25) is 0 Å². The Morgan fingerprint density at radius 3 is 2.35 bits per heavy atom. The van der Waals surface area contributed by atoms with E-state index < -0.39 is 17.6 Å². The van der Waals surface area contributed by atoms with Gasteiger partial charge in [0, 0.05) is 7.05 Å². The highest BCUT2D eigenvalue weighted by Crippen LogP contribution is 2.13. The lowest BCUT2D eigenvalue weighted by atomic mass is 10.2. The van der Waals surface area contributed by atoms with Crippen molar-refractivity contribution < 1.29 is 14.3 Å². The van der Waals surface area contributed by atoms with Crippen molar-refractivity contribution in [2.45, 2.75) is 33.3 Å². The molecule has 0 saturated carbocycles. The van der Waals surface area contributed by atoms with E-state index in [1.807, 2.05) is 18.2 Å². The fourth-order valence-corrected chi connectivity index (χ4v) is 2.36. The Morgan fingerprint density at radius 2 is 1.77 bits per heavy atom. The first kappa shape index (κ1) is 19.3. The van der Waals surface area contributed by atoms with Gasteiger partial charge in [0.1, 0.15) is 17.8 Å². The second kappa shape index (κ2) is 7.47. The van der Waals surface area contributed by atoms with Crippen LogP contribution in [0.3, 0.4) is 0 Å². The Kier molecular flexibility index (Phi) is 5.54. The van der Waals surface area contributed by atoms with Gasteiger partial charge in [-0.05, 0) is 39.8 Å². The number of benzene rings is 1. The molecule has 140 valence electrons. The van der Waals surface area contributed by atoms with Crippen molar-refractivity contribution in [1.29, 1.82) is 0 Å². The molecule has 0 aliphatic rings. The summed E-state index contributed by atoms with van der Waals surface area (Å²) in [5.74, 6) is -0.512. The van der Waals surface area contributed by atoms with Gasteiger partial charge in [-0.1, -0.05) is 18.2 Å². The molecule has 0 spiro atoms. The number of para-hydroxylation sites is 1. The molecule has 2 rings (SSSR count). The molecule has 0 atom stereocenters. The number of alkyl carbamates (subject to hydrolysis) is 1. The van der Waals surface area contributed by atoms with Crippen LogP contribution in [0.5, 0.6) is 0 Å². The number of hydrogen-bond acceptors (Lipinski definition) is 4. The number of carbonyl (C=O) groups excluding carboxylic acids is 2. The molecule has 0 aliphatic heterocycles. The van der Waals surface area contributed by atoms with Gasteiger partial charge in [0.15, 0.2) is 0 Å². The van der Waals surface area contributed by atoms with E-state index in [0.29, 0.717) is 11.4 Å². The fourth-order valence-electron chi connectivity index (χ4n) is 2.36. The number of carbonyl (C=O) groups is 2. The lowest BCUT2D eigenvalue weighted by Crippen LogP contribution is -2.37. The number of hydrogen-bond donors (Lipinski definition) is 2. The SMILES string of the molecule is Cc1c(NC(=O)CNC(=O)OC(C)(C)C)c(=O)n(-c2ccccc2)n1C. The zero-order valence-corrected chi connectivity index (χ0v) is 15.6. The maximum atomic E-state index is 12.7. The molecule has 0 fully saturated rings. The minimum Gasteiger partial charge on any atom is -0.444 e. The van der Waals surface area contributed by atoms with Gasteiger partial charge in [-0.25, -0.2) is 9.48 Å². The van der Waals surface area contributed by atoms with Crippen LogP contribution in [0.15, 0.2) is 35.1 Å². The summed E-state index contributed by atoms with van der Waals surface area (Å²) in [7, 11) is 1.73. The summed E-state index contributed by atoms with van der Waals surface area (Å²) in [6.45, 7) is 6.62. The van der Waals surface area contributed by atoms with E-state index in [1.165, 1.54) is 4.68 Å². The molecular weight excluding hydrogens is 336 g/mol. The van der Waals surface area contributed by atoms with Crippen LogP contribution >= 0.6 is 0 Å². The van der Waals surface area contributed by atoms with Crippen molar-refractivity contribution in [3.63, 3.8) is 0 Å². The zero-order valence-electron chi connectivity index (χ0n) is 15.6. The second-order valence-electron chi connectivity index (χ2n) is 6.84. The van der Waals surface area contributed by atoms with E-state index in [9.17, 15) is 14.4 Å². The van der Waals surface area contributed by atoms with Crippen LogP contribution in [0.4, 0.5) is 10.5 Å². The van der Waals surface area contributed by atoms with Crippen molar-refractivity contribution >= 4 is 17.7 Å². The molecule has 1 heterocycles. The average molecular weight is 360 g/mol. The summed E-state index contributed by atoms with van der Waals surface area (Å²) >= 11 is 0. The molecule has 0 bridgehead atoms. The van der Waals surface area contributed by atoms with Gasteiger partial charge in [0.05, 0.1) is 11.4 Å². The third-order valence-corrected chi connectivity index (χ3v) is 3.61. The Balaban J connectivity index is 2.12. The number of aromatic nitrogens is 2. The van der Waals surface area contributed by atoms with Gasteiger partial charge < -0.3 is 15.4 Å². The maximum Gasteiger partial charge on any atom is 0.408 e. The van der Waals surface area contributed by atoms with Crippen molar-refractivity contribution in [3.8, 4) is 5.69 Å². The number of rotatable bonds is 4. The van der Waals surface area contributed by atoms with E-state index >= 15 is 0 Å². The standard InChI is InChI=1S/C18H24N4O4/c1-12-15(20-14(23)11-19-17(25)26-18(2,3)4)16(24)22(21(12)5)13-9-7-6-8-10-13/h6-10H,11H2,1-5H3,(H,19,25)(H,20,23). The van der Waals surface area contributed by atoms with Crippen molar-refractivity contribution in [3.05, 3.63) is 46.4 Å². The first-order valence-corrected chi connectivity index (χ1v) is 8.21. The van der Waals surface area contributed by atoms with Crippen LogP contribution in [0.1, 0.15) is 26.5 Å². The van der Waals surface area contributed by atoms with Crippen LogP contribution in [-0.2, 0) is 16.6 Å². The van der Waals surface area contributed by atoms with Gasteiger partial charge in [-0.2, -0.15) is 0 Å². The zero-order chi connectivity index (χ0) is 19.5. The molecule has 0 saturated heterocycles. The predicted molar refractivity (Wildman–Crippen MR) is 98.6 cm³/mol. The Bertz CT molecular complexity index is 860. The first-order chi connectivity index (χ1) is 12.1. The van der Waals surface area contributed by atoms with E-state index in [-0.39, 0.29) is 17.8 Å². The minimum atomic E-state index is -0.695. The normalized spacial score (nSPS) is 11.1. The summed E-state index contributed by atoms with van der Waals surface area (Å²) in [5.41, 5.74) is 0.467. The van der Waals surface area contributed by atoms with E-state index in [1.54, 1.807) is 51.6 Å². The molecule has 2 N–H and O–H groups in total. The van der Waals surface area contributed by atoms with Gasteiger partial charge in [0.2, 0.25) is 5.91 Å². The predicted octanol–water partition coefficient (Wildman–Crippen LogP) is 1.95. The summed E-state index contributed by atoms with van der Waals surface area (Å²) in [6.07, 6.45) is -0.695. The molecule has 0 unspecified atom stereocenters.